The number of halogens is 3. The summed E-state index contributed by atoms with van der Waals surface area (Å²) in [5.41, 5.74) is -15.3. The van der Waals surface area contributed by atoms with Crippen LogP contribution in [0.25, 0.3) is 0 Å². The number of hydrogen-bond acceptors (Lipinski definition) is 8. The summed E-state index contributed by atoms with van der Waals surface area (Å²) < 4.78 is 73.7. The maximum atomic E-state index is 14.8. The summed E-state index contributed by atoms with van der Waals surface area (Å²) in [5, 5.41) is 34.7. The Morgan fingerprint density at radius 1 is 0.517 bits per heavy atom. The van der Waals surface area contributed by atoms with Crippen molar-refractivity contribution in [3.05, 3.63) is 12.2 Å². The molecule has 4 bridgehead atoms. The normalized spacial score (nSPS) is 34.7. The van der Waals surface area contributed by atoms with E-state index in [1.165, 1.54) is 13.8 Å². The van der Waals surface area contributed by atoms with E-state index in [1.807, 2.05) is 27.7 Å². The molecule has 7 aliphatic carbocycles. The van der Waals surface area contributed by atoms with Crippen LogP contribution in [0.1, 0.15) is 199 Å². The Hall–Kier alpha value is -1.24. The fourth-order valence-corrected chi connectivity index (χ4v) is 13.6. The van der Waals surface area contributed by atoms with Crippen molar-refractivity contribution in [3.8, 4) is 0 Å². The topological polar surface area (TPSA) is 115 Å². The van der Waals surface area contributed by atoms with Crippen LogP contribution in [0.15, 0.2) is 12.2 Å². The second-order valence-corrected chi connectivity index (χ2v) is 23.4. The molecule has 3 unspecified atom stereocenters. The largest absolute Gasteiger partial charge is 0.456 e. The fourth-order valence-electron chi connectivity index (χ4n) is 13.6. The van der Waals surface area contributed by atoms with Crippen LogP contribution >= 0.6 is 0 Å². The fraction of sp³-hybridized carbons (Fsp3) is 0.936. The van der Waals surface area contributed by atoms with Gasteiger partial charge < -0.3 is 34.3 Å². The van der Waals surface area contributed by atoms with E-state index in [0.717, 1.165) is 45.4 Å². The van der Waals surface area contributed by atoms with Crippen LogP contribution in [-0.4, -0.2) is 83.5 Å². The van der Waals surface area contributed by atoms with E-state index in [-0.39, 0.29) is 5.57 Å². The van der Waals surface area contributed by atoms with E-state index in [0.29, 0.717) is 77.0 Å². The minimum atomic E-state index is -4.96. The van der Waals surface area contributed by atoms with E-state index in [1.54, 1.807) is 34.6 Å². The zero-order valence-corrected chi connectivity index (χ0v) is 38.0. The molecule has 0 saturated heterocycles. The van der Waals surface area contributed by atoms with Gasteiger partial charge in [-0.1, -0.05) is 45.1 Å². The molecule has 0 aromatic carbocycles. The standard InChI is InChI=1S/C47H77F3O8/c1-32(2)33(51)55-43-29-40(44(20-14-15-21-44)56-36(7,8)34(3,4)52)26-41(30-43,45(22-16-17-23-45)57-37(9,10)35(5,6)53)28-42(27-40,31-43)46(24-18-19-25-46)58-38(11,12)39(13,54)47(48,49)50/h52-54H,1,14-31H2,2-13H3. The third kappa shape index (κ3) is 6.87. The van der Waals surface area contributed by atoms with Gasteiger partial charge in [0.25, 0.3) is 0 Å². The highest BCUT2D eigenvalue weighted by molar-refractivity contribution is 5.87. The number of rotatable bonds is 14. The molecule has 0 spiro atoms. The van der Waals surface area contributed by atoms with Gasteiger partial charge in [-0.05, 0) is 160 Å². The van der Waals surface area contributed by atoms with E-state index >= 15 is 0 Å². The monoisotopic (exact) mass is 827 g/mol. The molecular formula is C47H77F3O8. The molecular weight excluding hydrogens is 750 g/mol. The summed E-state index contributed by atoms with van der Waals surface area (Å²) in [6.45, 7) is 24.0. The van der Waals surface area contributed by atoms with Gasteiger partial charge in [0, 0.05) is 21.8 Å². The molecule has 7 fully saturated rings. The minimum Gasteiger partial charge on any atom is -0.456 e. The Morgan fingerprint density at radius 3 is 1.03 bits per heavy atom. The first-order valence-corrected chi connectivity index (χ1v) is 22.3. The first kappa shape index (κ1) is 46.3. The van der Waals surface area contributed by atoms with Gasteiger partial charge in [0.15, 0.2) is 5.60 Å². The molecule has 3 N–H and O–H groups in total. The summed E-state index contributed by atoms with van der Waals surface area (Å²) >= 11 is 0. The average Bonchev–Trinajstić information content (AvgIpc) is 3.81. The van der Waals surface area contributed by atoms with Gasteiger partial charge in [-0.25, -0.2) is 4.79 Å². The molecule has 0 aliphatic heterocycles. The van der Waals surface area contributed by atoms with Crippen molar-refractivity contribution in [1.29, 1.82) is 0 Å². The highest BCUT2D eigenvalue weighted by Crippen LogP contribution is 2.82. The summed E-state index contributed by atoms with van der Waals surface area (Å²) in [6.07, 6.45) is 7.19. The molecule has 3 atom stereocenters. The lowest BCUT2D eigenvalue weighted by molar-refractivity contribution is -0.391. The molecule has 0 aromatic rings. The Balaban J connectivity index is 1.68. The van der Waals surface area contributed by atoms with Crippen LogP contribution < -0.4 is 0 Å². The molecule has 58 heavy (non-hydrogen) atoms. The van der Waals surface area contributed by atoms with Crippen molar-refractivity contribution in [2.24, 2.45) is 16.2 Å². The number of carbonyl (C=O) groups is 1. The van der Waals surface area contributed by atoms with Crippen LogP contribution in [-0.2, 0) is 23.7 Å². The van der Waals surface area contributed by atoms with Crippen LogP contribution in [0.5, 0.6) is 0 Å². The van der Waals surface area contributed by atoms with E-state index in [4.69, 9.17) is 18.9 Å². The predicted molar refractivity (Wildman–Crippen MR) is 217 cm³/mol. The summed E-state index contributed by atoms with van der Waals surface area (Å²) in [5.74, 6) is -0.499. The lowest BCUT2D eigenvalue weighted by Crippen LogP contribution is -2.79. The van der Waals surface area contributed by atoms with Gasteiger partial charge in [0.2, 0.25) is 0 Å². The second-order valence-electron chi connectivity index (χ2n) is 23.4. The Morgan fingerprint density at radius 2 is 0.793 bits per heavy atom. The van der Waals surface area contributed by atoms with E-state index in [2.05, 4.69) is 6.58 Å². The number of hydrogen-bond donors (Lipinski definition) is 3. The summed E-state index contributed by atoms with van der Waals surface area (Å²) in [7, 11) is 0. The molecule has 7 aliphatic rings. The quantitative estimate of drug-likeness (QED) is 0.117. The van der Waals surface area contributed by atoms with Gasteiger partial charge in [0.1, 0.15) is 11.2 Å². The third-order valence-electron chi connectivity index (χ3n) is 17.8. The number of carbonyl (C=O) groups excluding carboxylic acids is 1. The van der Waals surface area contributed by atoms with Crippen molar-refractivity contribution >= 4 is 5.97 Å². The smallest absolute Gasteiger partial charge is 0.419 e. The molecule has 7 saturated carbocycles. The summed E-state index contributed by atoms with van der Waals surface area (Å²) in [6, 6.07) is 0. The van der Waals surface area contributed by atoms with Crippen LogP contribution in [0.3, 0.4) is 0 Å². The van der Waals surface area contributed by atoms with Crippen molar-refractivity contribution in [2.75, 3.05) is 0 Å². The second kappa shape index (κ2) is 13.6. The highest BCUT2D eigenvalue weighted by atomic mass is 19.4. The van der Waals surface area contributed by atoms with Gasteiger partial charge in [-0.2, -0.15) is 13.2 Å². The maximum absolute atomic E-state index is 14.8. The Labute approximate surface area is 346 Å². The van der Waals surface area contributed by atoms with Gasteiger partial charge in [-0.15, -0.1) is 0 Å². The molecule has 0 radical (unpaired) electrons. The zero-order chi connectivity index (χ0) is 43.7. The van der Waals surface area contributed by atoms with Crippen molar-refractivity contribution in [2.45, 2.75) is 261 Å². The Kier molecular flexibility index (Phi) is 10.9. The van der Waals surface area contributed by atoms with Gasteiger partial charge in [0.05, 0.1) is 39.2 Å². The molecule has 8 nitrogen and oxygen atoms in total. The number of aliphatic hydroxyl groups is 3. The molecule has 0 heterocycles. The lowest BCUT2D eigenvalue weighted by Gasteiger charge is -2.78. The van der Waals surface area contributed by atoms with Crippen LogP contribution in [0.4, 0.5) is 13.2 Å². The van der Waals surface area contributed by atoms with Crippen molar-refractivity contribution < 1.29 is 52.2 Å². The number of esters is 1. The lowest BCUT2D eigenvalue weighted by atomic mass is 9.30. The van der Waals surface area contributed by atoms with E-state index in [9.17, 15) is 33.3 Å². The third-order valence-corrected chi connectivity index (χ3v) is 17.8. The number of ether oxygens (including phenoxy) is 4. The molecule has 7 rings (SSSR count). The van der Waals surface area contributed by atoms with Crippen LogP contribution in [0.2, 0.25) is 0 Å². The van der Waals surface area contributed by atoms with Crippen molar-refractivity contribution in [3.63, 3.8) is 0 Å². The van der Waals surface area contributed by atoms with Crippen molar-refractivity contribution in [1.82, 2.24) is 0 Å². The SMILES string of the molecule is C=C(C)C(=O)OC12CC3(C4(OC(C)(C)C(C)(C)O)CCCC4)CC(C4(OC(C)(C)C(C)(C)O)CCCC4)(C1)CC(C1(OC(C)(C)C(C)(O)C(F)(F)F)CCCC1)(C2)C3. The Bertz CT molecular complexity index is 1530. The van der Waals surface area contributed by atoms with Gasteiger partial charge in [-0.3, -0.25) is 0 Å². The molecule has 0 aromatic heterocycles. The first-order valence-electron chi connectivity index (χ1n) is 22.3. The van der Waals surface area contributed by atoms with Crippen LogP contribution in [0, 0.1) is 16.2 Å². The summed E-state index contributed by atoms with van der Waals surface area (Å²) in [4.78, 5) is 14.1. The van der Waals surface area contributed by atoms with Gasteiger partial charge >= 0.3 is 12.1 Å². The average molecular weight is 827 g/mol. The molecule has 11 heteroatoms. The predicted octanol–water partition coefficient (Wildman–Crippen LogP) is 10.4. The number of alkyl halides is 3. The molecule has 0 amide bonds. The highest BCUT2D eigenvalue weighted by Gasteiger charge is 2.82. The first-order chi connectivity index (χ1) is 26.1. The molecule has 334 valence electrons. The zero-order valence-electron chi connectivity index (χ0n) is 38.0. The maximum Gasteiger partial charge on any atom is 0.419 e. The van der Waals surface area contributed by atoms with E-state index < -0.39 is 84.4 Å². The minimum absolute atomic E-state index is 0.270.